The minimum atomic E-state index is -5.17. The van der Waals surface area contributed by atoms with E-state index >= 15 is 0 Å². The molecule has 0 unspecified atom stereocenters. The third kappa shape index (κ3) is 560. The van der Waals surface area contributed by atoms with Crippen LogP contribution in [0.2, 0.25) is 0 Å². The van der Waals surface area contributed by atoms with E-state index in [1.165, 1.54) is 0 Å². The minimum Gasteiger partial charge on any atom is -1.00 e. The monoisotopic (exact) mass is 422 g/mol. The van der Waals surface area contributed by atoms with E-state index < -0.39 is 31.2 Å². The minimum absolute atomic E-state index is 0. The van der Waals surface area contributed by atoms with E-state index in [2.05, 4.69) is 0 Å². The Morgan fingerprint density at radius 3 is 0.474 bits per heavy atom. The maximum absolute atomic E-state index is 8.52. The second-order valence-corrected chi connectivity index (χ2v) is 3.67. The summed E-state index contributed by atoms with van der Waals surface area (Å²) < 4.78 is 102. The Bertz CT molecular complexity index is 359. The fraction of sp³-hybridized carbons (Fsp3) is 0. The Balaban J connectivity index is -0.0000000129. The van der Waals surface area contributed by atoms with Gasteiger partial charge in [0.1, 0.15) is 0 Å². The zero-order valence-electron chi connectivity index (χ0n) is 11.3. The molecule has 0 rings (SSSR count). The molecule has 12 nitrogen and oxygen atoms in total. The van der Waals surface area contributed by atoms with Gasteiger partial charge in [0.25, 0.3) is 0 Å². The first-order valence-electron chi connectivity index (χ1n) is 2.00. The van der Waals surface area contributed by atoms with Crippen LogP contribution in [0.5, 0.6) is 0 Å². The van der Waals surface area contributed by atoms with Crippen LogP contribution >= 0.6 is 0 Å². The molecule has 0 aromatic rings. The molecule has 0 bridgehead atoms. The number of rotatable bonds is 0. The first kappa shape index (κ1) is 43.5. The summed E-state index contributed by atoms with van der Waals surface area (Å²) in [5.41, 5.74) is 0. The van der Waals surface area contributed by atoms with Gasteiger partial charge in [0.2, 0.25) is 0 Å². The molecule has 0 amide bonds. The van der Waals surface area contributed by atoms with Crippen molar-refractivity contribution in [3.05, 3.63) is 0 Å². The van der Waals surface area contributed by atoms with Crippen LogP contribution in [0.3, 0.4) is 0 Å². The van der Waals surface area contributed by atoms with Crippen LogP contribution in [-0.2, 0) is 31.2 Å². The van der Waals surface area contributed by atoms with Crippen molar-refractivity contribution < 1.29 is 158 Å². The molecule has 100 valence electrons. The second kappa shape index (κ2) is 20.0. The molecule has 0 atom stereocenters. The number of hydrogen-bond acceptors (Lipinski definition) is 12. The normalized spacial score (nSPS) is 9.16. The van der Waals surface area contributed by atoms with Gasteiger partial charge in [0.05, 0.1) is 0 Å². The van der Waals surface area contributed by atoms with Crippen molar-refractivity contribution in [3.63, 3.8) is 0 Å². The Kier molecular flexibility index (Phi) is 45.7. The molecular formula is H2Al2K2O12S3. The second-order valence-electron chi connectivity index (χ2n) is 1.22. The SMILES string of the molecule is O=S(=O)([O-])[O-].O=S(=O)([O-])[O-].O=S(=O)([O-])[O-].[Al+3].[Al+3].[H-].[H-].[K+].[K+]. The largest absolute Gasteiger partial charge is 3.00 e. The van der Waals surface area contributed by atoms with Crippen LogP contribution in [0.15, 0.2) is 0 Å². The number of hydrogen-bond donors (Lipinski definition) is 0. The third-order valence-electron chi connectivity index (χ3n) is 0. The van der Waals surface area contributed by atoms with Crippen LogP contribution in [0.25, 0.3) is 0 Å². The van der Waals surface area contributed by atoms with Gasteiger partial charge >= 0.3 is 137 Å². The van der Waals surface area contributed by atoms with Crippen LogP contribution in [0.1, 0.15) is 2.85 Å². The molecule has 0 saturated carbocycles. The van der Waals surface area contributed by atoms with E-state index in [9.17, 15) is 0 Å². The van der Waals surface area contributed by atoms with Crippen molar-refractivity contribution in [2.45, 2.75) is 0 Å². The van der Waals surface area contributed by atoms with Gasteiger partial charge in [-0.2, -0.15) is 0 Å². The van der Waals surface area contributed by atoms with Gasteiger partial charge < -0.3 is 30.2 Å². The van der Waals surface area contributed by atoms with Gasteiger partial charge in [-0.3, -0.25) is 25.3 Å². The molecule has 0 aromatic heterocycles. The Labute approximate surface area is 219 Å². The standard InChI is InChI=1S/2Al.2K.3H2O4S.2H/c;;;;3*1-5(2,3)4;;/h;;;;3*(H2,1,2,3,4);;/q2*+3;2*+1;;;;2*-1/p-6. The molecule has 0 fully saturated rings. The summed E-state index contributed by atoms with van der Waals surface area (Å²) in [6, 6.07) is 0. The zero-order valence-corrected chi connectivity index (χ0v) is 20.3. The van der Waals surface area contributed by atoms with Gasteiger partial charge in [-0.25, -0.2) is 0 Å². The van der Waals surface area contributed by atoms with Crippen LogP contribution in [0.4, 0.5) is 0 Å². The maximum Gasteiger partial charge on any atom is 3.00 e. The van der Waals surface area contributed by atoms with Crippen molar-refractivity contribution >= 4 is 65.9 Å². The molecule has 0 N–H and O–H groups in total. The summed E-state index contributed by atoms with van der Waals surface area (Å²) in [6.07, 6.45) is 0. The summed E-state index contributed by atoms with van der Waals surface area (Å²) in [6.45, 7) is 0. The van der Waals surface area contributed by atoms with E-state index in [4.69, 9.17) is 52.6 Å². The van der Waals surface area contributed by atoms with E-state index in [0.29, 0.717) is 0 Å². The molecular weight excluding hydrogens is 420 g/mol. The maximum atomic E-state index is 8.52. The van der Waals surface area contributed by atoms with Crippen molar-refractivity contribution in [1.82, 2.24) is 0 Å². The summed E-state index contributed by atoms with van der Waals surface area (Å²) in [5, 5.41) is 0. The predicted molar refractivity (Wildman–Crippen MR) is 45.2 cm³/mol. The molecule has 0 saturated heterocycles. The molecule has 19 heavy (non-hydrogen) atoms. The summed E-state index contributed by atoms with van der Waals surface area (Å²) in [5.74, 6) is 0. The van der Waals surface area contributed by atoms with Crippen LogP contribution in [-0.4, -0.2) is 87.3 Å². The summed E-state index contributed by atoms with van der Waals surface area (Å²) in [7, 11) is -15.5. The van der Waals surface area contributed by atoms with Crippen molar-refractivity contribution in [2.75, 3.05) is 0 Å². The first-order valence-corrected chi connectivity index (χ1v) is 6.00. The van der Waals surface area contributed by atoms with Gasteiger partial charge in [0.15, 0.2) is 0 Å². The average Bonchev–Trinajstić information content (AvgIpc) is 1.41. The topological polar surface area (TPSA) is 241 Å². The summed E-state index contributed by atoms with van der Waals surface area (Å²) in [4.78, 5) is 0. The van der Waals surface area contributed by atoms with E-state index in [-0.39, 0.29) is 140 Å². The van der Waals surface area contributed by atoms with E-state index in [1.54, 1.807) is 0 Å². The smallest absolute Gasteiger partial charge is 1.00 e. The molecule has 0 aliphatic carbocycles. The first-order chi connectivity index (χ1) is 6.00. The molecule has 0 aromatic carbocycles. The van der Waals surface area contributed by atoms with Gasteiger partial charge in [-0.05, 0) is 0 Å². The fourth-order valence-corrected chi connectivity index (χ4v) is 0. The fourth-order valence-electron chi connectivity index (χ4n) is 0. The van der Waals surface area contributed by atoms with Gasteiger partial charge in [-0.1, -0.05) is 0 Å². The van der Waals surface area contributed by atoms with Crippen molar-refractivity contribution in [1.29, 1.82) is 0 Å². The Hall–Kier alpha value is 3.95. The molecule has 0 spiro atoms. The van der Waals surface area contributed by atoms with Gasteiger partial charge in [0, 0.05) is 31.2 Å². The zero-order chi connectivity index (χ0) is 13.5. The van der Waals surface area contributed by atoms with Crippen molar-refractivity contribution in [3.8, 4) is 0 Å². The van der Waals surface area contributed by atoms with Crippen molar-refractivity contribution in [2.24, 2.45) is 0 Å². The molecule has 0 heterocycles. The van der Waals surface area contributed by atoms with Crippen LogP contribution in [0, 0.1) is 0 Å². The van der Waals surface area contributed by atoms with E-state index in [0.717, 1.165) is 0 Å². The quantitative estimate of drug-likeness (QED) is 0.201. The molecule has 0 aliphatic rings. The third-order valence-corrected chi connectivity index (χ3v) is 0. The Morgan fingerprint density at radius 1 is 0.474 bits per heavy atom. The van der Waals surface area contributed by atoms with Gasteiger partial charge in [-0.15, -0.1) is 0 Å². The molecule has 19 heteroatoms. The molecule has 0 radical (unpaired) electrons. The summed E-state index contributed by atoms with van der Waals surface area (Å²) >= 11 is 0. The van der Waals surface area contributed by atoms with E-state index in [1.807, 2.05) is 0 Å². The average molecular weight is 422 g/mol. The Morgan fingerprint density at radius 2 is 0.474 bits per heavy atom. The predicted octanol–water partition coefficient (Wildman–Crippen LogP) is -10.5. The molecule has 0 aliphatic heterocycles. The van der Waals surface area contributed by atoms with Crippen LogP contribution < -0.4 is 103 Å².